The summed E-state index contributed by atoms with van der Waals surface area (Å²) in [5.74, 6) is -0.0989. The van der Waals surface area contributed by atoms with Crippen molar-refractivity contribution in [3.8, 4) is 6.07 Å². The van der Waals surface area contributed by atoms with Crippen LogP contribution in [0.5, 0.6) is 0 Å². The minimum Gasteiger partial charge on any atom is -0.334 e. The van der Waals surface area contributed by atoms with Crippen LogP contribution in [0, 0.1) is 11.3 Å². The van der Waals surface area contributed by atoms with Gasteiger partial charge in [0, 0.05) is 5.56 Å². The second kappa shape index (κ2) is 4.70. The van der Waals surface area contributed by atoms with E-state index < -0.39 is 5.54 Å². The van der Waals surface area contributed by atoms with Crippen molar-refractivity contribution in [1.82, 2.24) is 5.32 Å². The summed E-state index contributed by atoms with van der Waals surface area (Å²) in [6.45, 7) is 0. The van der Waals surface area contributed by atoms with Gasteiger partial charge in [-0.3, -0.25) is 4.79 Å². The quantitative estimate of drug-likeness (QED) is 0.882. The summed E-state index contributed by atoms with van der Waals surface area (Å²) in [5, 5.41) is 12.3. The van der Waals surface area contributed by atoms with Gasteiger partial charge >= 0.3 is 0 Å². The average molecular weight is 254 g/mol. The summed E-state index contributed by atoms with van der Waals surface area (Å²) in [5.41, 5.74) is 2.73. The number of aryl methyl sites for hydroxylation is 2. The monoisotopic (exact) mass is 254 g/mol. The van der Waals surface area contributed by atoms with Crippen LogP contribution in [-0.4, -0.2) is 11.4 Å². The second-order valence-corrected chi connectivity index (χ2v) is 5.69. The zero-order valence-corrected chi connectivity index (χ0v) is 11.0. The van der Waals surface area contributed by atoms with Gasteiger partial charge in [-0.25, -0.2) is 0 Å². The predicted molar refractivity (Wildman–Crippen MR) is 72.7 cm³/mol. The topological polar surface area (TPSA) is 52.9 Å². The predicted octanol–water partition coefficient (Wildman–Crippen LogP) is 2.74. The van der Waals surface area contributed by atoms with Crippen molar-refractivity contribution >= 4 is 5.91 Å². The van der Waals surface area contributed by atoms with Crippen molar-refractivity contribution < 1.29 is 4.79 Å². The Morgan fingerprint density at radius 3 is 2.63 bits per heavy atom. The molecule has 1 amide bonds. The molecule has 1 aromatic carbocycles. The summed E-state index contributed by atoms with van der Waals surface area (Å²) >= 11 is 0. The molecule has 1 aromatic rings. The van der Waals surface area contributed by atoms with Gasteiger partial charge < -0.3 is 5.32 Å². The Kier molecular flexibility index (Phi) is 3.02. The molecule has 3 nitrogen and oxygen atoms in total. The first-order chi connectivity index (χ1) is 9.22. The molecule has 0 radical (unpaired) electrons. The molecule has 0 atom stereocenters. The molecule has 0 saturated heterocycles. The molecule has 1 fully saturated rings. The molecule has 0 heterocycles. The van der Waals surface area contributed by atoms with Gasteiger partial charge in [0.05, 0.1) is 6.07 Å². The number of nitriles is 1. The molecule has 2 aliphatic carbocycles. The highest BCUT2D eigenvalue weighted by Crippen LogP contribution is 2.29. The molecule has 3 rings (SSSR count). The third kappa shape index (κ3) is 2.23. The van der Waals surface area contributed by atoms with Gasteiger partial charge in [-0.05, 0) is 68.2 Å². The van der Waals surface area contributed by atoms with Crippen LogP contribution < -0.4 is 5.32 Å². The van der Waals surface area contributed by atoms with Crippen LogP contribution in [0.1, 0.15) is 53.6 Å². The second-order valence-electron chi connectivity index (χ2n) is 5.69. The van der Waals surface area contributed by atoms with Crippen molar-refractivity contribution in [2.24, 2.45) is 0 Å². The third-order valence-corrected chi connectivity index (χ3v) is 4.38. The molecule has 98 valence electrons. The van der Waals surface area contributed by atoms with E-state index in [1.54, 1.807) is 0 Å². The summed E-state index contributed by atoms with van der Waals surface area (Å²) in [6.07, 6.45) is 6.98. The lowest BCUT2D eigenvalue weighted by atomic mass is 9.98. The minimum absolute atomic E-state index is 0.0989. The summed E-state index contributed by atoms with van der Waals surface area (Å²) in [6, 6.07) is 8.25. The normalized spacial score (nSPS) is 19.7. The van der Waals surface area contributed by atoms with Gasteiger partial charge in [0.25, 0.3) is 5.91 Å². The first kappa shape index (κ1) is 12.2. The lowest BCUT2D eigenvalue weighted by Gasteiger charge is -2.22. The Morgan fingerprint density at radius 1 is 1.16 bits per heavy atom. The van der Waals surface area contributed by atoms with Gasteiger partial charge in [0.15, 0.2) is 0 Å². The lowest BCUT2D eigenvalue weighted by molar-refractivity contribution is 0.0920. The molecule has 0 aromatic heterocycles. The van der Waals surface area contributed by atoms with Gasteiger partial charge in [0.2, 0.25) is 0 Å². The van der Waals surface area contributed by atoms with Crippen LogP contribution in [0.25, 0.3) is 0 Å². The van der Waals surface area contributed by atoms with E-state index >= 15 is 0 Å². The third-order valence-electron chi connectivity index (χ3n) is 4.38. The van der Waals surface area contributed by atoms with E-state index in [0.29, 0.717) is 5.56 Å². The summed E-state index contributed by atoms with van der Waals surface area (Å²) < 4.78 is 0. The highest BCUT2D eigenvalue weighted by Gasteiger charge is 2.35. The highest BCUT2D eigenvalue weighted by atomic mass is 16.1. The molecule has 1 saturated carbocycles. The van der Waals surface area contributed by atoms with Crippen LogP contribution in [0.4, 0.5) is 0 Å². The fraction of sp³-hybridized carbons (Fsp3) is 0.500. The van der Waals surface area contributed by atoms with E-state index in [1.807, 2.05) is 12.1 Å². The van der Waals surface area contributed by atoms with Gasteiger partial charge in [0.1, 0.15) is 5.54 Å². The maximum Gasteiger partial charge on any atom is 0.252 e. The Hall–Kier alpha value is -1.82. The van der Waals surface area contributed by atoms with E-state index in [1.165, 1.54) is 17.5 Å². The number of carbonyl (C=O) groups is 1. The van der Waals surface area contributed by atoms with Crippen LogP contribution in [0.3, 0.4) is 0 Å². The van der Waals surface area contributed by atoms with E-state index in [4.69, 9.17) is 0 Å². The van der Waals surface area contributed by atoms with Gasteiger partial charge in [-0.2, -0.15) is 5.26 Å². The SMILES string of the molecule is N#CC1(NC(=O)c2ccc3c(c2)CCC3)CCCC1. The number of hydrogen-bond acceptors (Lipinski definition) is 2. The van der Waals surface area contributed by atoms with E-state index in [9.17, 15) is 10.1 Å². The first-order valence-electron chi connectivity index (χ1n) is 7.08. The Labute approximate surface area is 113 Å². The van der Waals surface area contributed by atoms with Crippen LogP contribution >= 0.6 is 0 Å². The fourth-order valence-electron chi connectivity index (χ4n) is 3.25. The van der Waals surface area contributed by atoms with Crippen molar-refractivity contribution in [3.63, 3.8) is 0 Å². The fourth-order valence-corrected chi connectivity index (χ4v) is 3.25. The Balaban J connectivity index is 1.79. The standard InChI is InChI=1S/C16H18N2O/c17-11-16(8-1-2-9-16)18-15(19)14-7-6-12-4-3-5-13(12)10-14/h6-7,10H,1-5,8-9H2,(H,18,19). The summed E-state index contributed by atoms with van der Waals surface area (Å²) in [7, 11) is 0. The molecule has 0 bridgehead atoms. The molecule has 1 N–H and O–H groups in total. The van der Waals surface area contributed by atoms with E-state index in [2.05, 4.69) is 17.5 Å². The summed E-state index contributed by atoms with van der Waals surface area (Å²) in [4.78, 5) is 12.3. The van der Waals surface area contributed by atoms with Crippen molar-refractivity contribution in [1.29, 1.82) is 5.26 Å². The number of hydrogen-bond donors (Lipinski definition) is 1. The maximum atomic E-state index is 12.3. The smallest absolute Gasteiger partial charge is 0.252 e. The molecule has 3 heteroatoms. The van der Waals surface area contributed by atoms with Gasteiger partial charge in [-0.15, -0.1) is 0 Å². The average Bonchev–Trinajstić information content (AvgIpc) is 3.06. The Bertz CT molecular complexity index is 550. The van der Waals surface area contributed by atoms with E-state index in [-0.39, 0.29) is 5.91 Å². The largest absolute Gasteiger partial charge is 0.334 e. The first-order valence-corrected chi connectivity index (χ1v) is 7.08. The zero-order chi connectivity index (χ0) is 13.3. The highest BCUT2D eigenvalue weighted by molar-refractivity contribution is 5.95. The molecule has 0 aliphatic heterocycles. The molecule has 2 aliphatic rings. The van der Waals surface area contributed by atoms with Crippen molar-refractivity contribution in [2.45, 2.75) is 50.5 Å². The number of nitrogens with zero attached hydrogens (tertiary/aromatic N) is 1. The zero-order valence-electron chi connectivity index (χ0n) is 11.0. The number of nitrogens with one attached hydrogen (secondary N) is 1. The number of fused-ring (bicyclic) bond motifs is 1. The Morgan fingerprint density at radius 2 is 1.89 bits per heavy atom. The van der Waals surface area contributed by atoms with Crippen LogP contribution in [-0.2, 0) is 12.8 Å². The maximum absolute atomic E-state index is 12.3. The van der Waals surface area contributed by atoms with Crippen LogP contribution in [0.15, 0.2) is 18.2 Å². The molecular formula is C16H18N2O. The molecule has 19 heavy (non-hydrogen) atoms. The van der Waals surface area contributed by atoms with Crippen LogP contribution in [0.2, 0.25) is 0 Å². The number of rotatable bonds is 2. The number of carbonyl (C=O) groups excluding carboxylic acids is 1. The molecule has 0 unspecified atom stereocenters. The number of benzene rings is 1. The molecular weight excluding hydrogens is 236 g/mol. The van der Waals surface area contributed by atoms with E-state index in [0.717, 1.165) is 38.5 Å². The van der Waals surface area contributed by atoms with Crippen molar-refractivity contribution in [2.75, 3.05) is 0 Å². The van der Waals surface area contributed by atoms with Gasteiger partial charge in [-0.1, -0.05) is 6.07 Å². The molecule has 0 spiro atoms. The van der Waals surface area contributed by atoms with Crippen molar-refractivity contribution in [3.05, 3.63) is 34.9 Å². The number of amides is 1. The minimum atomic E-state index is -0.629. The lowest BCUT2D eigenvalue weighted by Crippen LogP contribution is -2.45.